The molecule has 1 saturated carbocycles. The molecule has 3 unspecified atom stereocenters. The zero-order chi connectivity index (χ0) is 18.7. The molecule has 0 radical (unpaired) electrons. The maximum atomic E-state index is 12.3. The van der Waals surface area contributed by atoms with Crippen molar-refractivity contribution in [3.05, 3.63) is 47.4 Å². The van der Waals surface area contributed by atoms with Crippen LogP contribution in [0.3, 0.4) is 0 Å². The van der Waals surface area contributed by atoms with Gasteiger partial charge in [0.05, 0.1) is 20.3 Å². The number of amides is 1. The summed E-state index contributed by atoms with van der Waals surface area (Å²) in [6.07, 6.45) is 2.21. The Bertz CT molecular complexity index is 767. The van der Waals surface area contributed by atoms with Crippen molar-refractivity contribution in [1.82, 2.24) is 5.32 Å². The molecule has 1 fully saturated rings. The molecule has 0 spiro atoms. The van der Waals surface area contributed by atoms with E-state index in [9.17, 15) is 4.79 Å². The number of carbonyl (C=O) groups is 1. The highest BCUT2D eigenvalue weighted by Crippen LogP contribution is 2.47. The molecule has 1 aromatic carbocycles. The average molecular weight is 357 g/mol. The lowest BCUT2D eigenvalue weighted by Gasteiger charge is -2.18. The summed E-state index contributed by atoms with van der Waals surface area (Å²) >= 11 is 0. The van der Waals surface area contributed by atoms with Crippen molar-refractivity contribution in [3.8, 4) is 11.5 Å². The van der Waals surface area contributed by atoms with E-state index in [4.69, 9.17) is 13.9 Å². The van der Waals surface area contributed by atoms with E-state index in [0.717, 1.165) is 28.8 Å². The number of furan rings is 1. The molecule has 2 aromatic rings. The monoisotopic (exact) mass is 357 g/mol. The fraction of sp³-hybridized carbons (Fsp3) is 0.476. The van der Waals surface area contributed by atoms with Crippen LogP contribution in [0.5, 0.6) is 11.5 Å². The highest BCUT2D eigenvalue weighted by atomic mass is 16.5. The Labute approximate surface area is 154 Å². The Morgan fingerprint density at radius 1 is 1.27 bits per heavy atom. The highest BCUT2D eigenvalue weighted by Gasteiger charge is 2.36. The van der Waals surface area contributed by atoms with Gasteiger partial charge in [-0.05, 0) is 43.5 Å². The molecule has 5 heteroatoms. The van der Waals surface area contributed by atoms with E-state index in [-0.39, 0.29) is 11.9 Å². The third-order valence-electron chi connectivity index (χ3n) is 5.04. The van der Waals surface area contributed by atoms with Gasteiger partial charge in [0.25, 0.3) is 0 Å². The van der Waals surface area contributed by atoms with Crippen LogP contribution in [0, 0.1) is 5.92 Å². The van der Waals surface area contributed by atoms with Crippen molar-refractivity contribution in [2.75, 3.05) is 14.2 Å². The zero-order valence-corrected chi connectivity index (χ0v) is 15.9. The molecular formula is C21H27NO4. The van der Waals surface area contributed by atoms with Crippen molar-refractivity contribution in [3.63, 3.8) is 0 Å². The Kier molecular flexibility index (Phi) is 5.55. The largest absolute Gasteiger partial charge is 0.497 e. The van der Waals surface area contributed by atoms with Gasteiger partial charge in [-0.1, -0.05) is 6.92 Å². The van der Waals surface area contributed by atoms with E-state index in [1.807, 2.05) is 37.3 Å². The van der Waals surface area contributed by atoms with Gasteiger partial charge in [-0.3, -0.25) is 4.79 Å². The van der Waals surface area contributed by atoms with Crippen LogP contribution in [0.4, 0.5) is 0 Å². The number of aryl methyl sites for hydroxylation is 1. The summed E-state index contributed by atoms with van der Waals surface area (Å²) in [6.45, 7) is 4.18. The molecule has 1 N–H and O–H groups in total. The maximum absolute atomic E-state index is 12.3. The number of nitrogens with one attached hydrogen (secondary N) is 1. The van der Waals surface area contributed by atoms with Gasteiger partial charge in [0.1, 0.15) is 23.0 Å². The zero-order valence-electron chi connectivity index (χ0n) is 15.9. The van der Waals surface area contributed by atoms with E-state index >= 15 is 0 Å². The van der Waals surface area contributed by atoms with E-state index in [1.165, 1.54) is 6.42 Å². The van der Waals surface area contributed by atoms with Crippen LogP contribution in [-0.2, 0) is 11.2 Å². The average Bonchev–Trinajstić information content (AvgIpc) is 3.19. The van der Waals surface area contributed by atoms with Gasteiger partial charge in [0.15, 0.2) is 0 Å². The molecule has 3 atom stereocenters. The molecule has 0 aliphatic heterocycles. The highest BCUT2D eigenvalue weighted by molar-refractivity contribution is 5.76. The first-order valence-electron chi connectivity index (χ1n) is 9.11. The van der Waals surface area contributed by atoms with Crippen LogP contribution in [-0.4, -0.2) is 20.1 Å². The second kappa shape index (κ2) is 7.85. The van der Waals surface area contributed by atoms with Crippen LogP contribution in [0.1, 0.15) is 55.7 Å². The van der Waals surface area contributed by atoms with Crippen molar-refractivity contribution < 1.29 is 18.7 Å². The van der Waals surface area contributed by atoms with E-state index in [0.29, 0.717) is 24.5 Å². The fourth-order valence-electron chi connectivity index (χ4n) is 3.25. The van der Waals surface area contributed by atoms with Gasteiger partial charge in [-0.15, -0.1) is 0 Å². The van der Waals surface area contributed by atoms with Crippen molar-refractivity contribution in [2.24, 2.45) is 5.92 Å². The minimum atomic E-state index is -0.150. The van der Waals surface area contributed by atoms with Crippen LogP contribution in [0.25, 0.3) is 0 Å². The molecule has 0 saturated heterocycles. The number of carbonyl (C=O) groups excluding carboxylic acids is 1. The van der Waals surface area contributed by atoms with Crippen molar-refractivity contribution in [1.29, 1.82) is 0 Å². The normalized spacial score (nSPS) is 19.7. The molecule has 1 aliphatic carbocycles. The van der Waals surface area contributed by atoms with Crippen LogP contribution in [0.2, 0.25) is 0 Å². The molecule has 140 valence electrons. The van der Waals surface area contributed by atoms with Crippen molar-refractivity contribution in [2.45, 2.75) is 45.1 Å². The van der Waals surface area contributed by atoms with E-state index < -0.39 is 0 Å². The third kappa shape index (κ3) is 4.21. The molecule has 3 rings (SSSR count). The van der Waals surface area contributed by atoms with Gasteiger partial charge in [-0.25, -0.2) is 0 Å². The first kappa shape index (κ1) is 18.4. The summed E-state index contributed by atoms with van der Waals surface area (Å²) in [5.41, 5.74) is 0.921. The maximum Gasteiger partial charge on any atom is 0.220 e. The summed E-state index contributed by atoms with van der Waals surface area (Å²) in [7, 11) is 3.23. The van der Waals surface area contributed by atoms with Gasteiger partial charge in [0, 0.05) is 30.4 Å². The second-order valence-corrected chi connectivity index (χ2v) is 7.02. The molecule has 1 amide bonds. The number of methoxy groups -OCH3 is 2. The van der Waals surface area contributed by atoms with Crippen LogP contribution < -0.4 is 14.8 Å². The molecule has 5 nitrogen and oxygen atoms in total. The Hall–Kier alpha value is -2.43. The SMILES string of the molecule is COc1ccc(C(C)NC(=O)CCc2ccc(C3CC3C)o2)c(OC)c1. The Morgan fingerprint density at radius 3 is 2.69 bits per heavy atom. The smallest absolute Gasteiger partial charge is 0.220 e. The summed E-state index contributed by atoms with van der Waals surface area (Å²) in [5.74, 6) is 4.65. The predicted molar refractivity (Wildman–Crippen MR) is 99.7 cm³/mol. The van der Waals surface area contributed by atoms with Crippen molar-refractivity contribution >= 4 is 5.91 Å². The standard InChI is InChI=1S/C21H27NO4/c1-13-11-18(13)19-9-6-15(26-19)7-10-21(23)22-14(2)17-8-5-16(24-3)12-20(17)25-4/h5-6,8-9,12-14,18H,7,10-11H2,1-4H3,(H,22,23). The third-order valence-corrected chi connectivity index (χ3v) is 5.04. The second-order valence-electron chi connectivity index (χ2n) is 7.02. The first-order chi connectivity index (χ1) is 12.5. The summed E-state index contributed by atoms with van der Waals surface area (Å²) in [6, 6.07) is 9.49. The van der Waals surface area contributed by atoms with Gasteiger partial charge >= 0.3 is 0 Å². The lowest BCUT2D eigenvalue weighted by atomic mass is 10.1. The molecule has 0 bridgehead atoms. The lowest BCUT2D eigenvalue weighted by Crippen LogP contribution is -2.27. The fourth-order valence-corrected chi connectivity index (χ4v) is 3.25. The molecule has 1 heterocycles. The number of hydrogen-bond donors (Lipinski definition) is 1. The minimum Gasteiger partial charge on any atom is -0.497 e. The molecule has 26 heavy (non-hydrogen) atoms. The Morgan fingerprint density at radius 2 is 2.04 bits per heavy atom. The van der Waals surface area contributed by atoms with Gasteiger partial charge < -0.3 is 19.2 Å². The molecule has 1 aromatic heterocycles. The minimum absolute atomic E-state index is 0.00638. The number of rotatable bonds is 8. The van der Waals surface area contributed by atoms with Crippen LogP contribution >= 0.6 is 0 Å². The number of benzene rings is 1. The van der Waals surface area contributed by atoms with Gasteiger partial charge in [0.2, 0.25) is 5.91 Å². The molecular weight excluding hydrogens is 330 g/mol. The quantitative estimate of drug-likeness (QED) is 0.768. The number of ether oxygens (including phenoxy) is 2. The lowest BCUT2D eigenvalue weighted by molar-refractivity contribution is -0.121. The predicted octanol–water partition coefficient (Wildman–Crippen LogP) is 4.23. The molecule has 1 aliphatic rings. The van der Waals surface area contributed by atoms with Gasteiger partial charge in [-0.2, -0.15) is 0 Å². The number of hydrogen-bond acceptors (Lipinski definition) is 4. The van der Waals surface area contributed by atoms with Crippen LogP contribution in [0.15, 0.2) is 34.7 Å². The van der Waals surface area contributed by atoms with E-state index in [2.05, 4.69) is 12.2 Å². The summed E-state index contributed by atoms with van der Waals surface area (Å²) < 4.78 is 16.5. The van der Waals surface area contributed by atoms with E-state index in [1.54, 1.807) is 14.2 Å². The first-order valence-corrected chi connectivity index (χ1v) is 9.11. The topological polar surface area (TPSA) is 60.7 Å². The summed E-state index contributed by atoms with van der Waals surface area (Å²) in [5, 5.41) is 3.03. The Balaban J connectivity index is 1.53. The summed E-state index contributed by atoms with van der Waals surface area (Å²) in [4.78, 5) is 12.3.